The van der Waals surface area contributed by atoms with Crippen LogP contribution in [-0.4, -0.2) is 71.8 Å². The molecule has 0 bridgehead atoms. The summed E-state index contributed by atoms with van der Waals surface area (Å²) in [5.74, 6) is -0.257. The van der Waals surface area contributed by atoms with E-state index in [0.717, 1.165) is 55.4 Å². The first-order valence-corrected chi connectivity index (χ1v) is 19.5. The molecule has 2 atom stereocenters. The van der Waals surface area contributed by atoms with E-state index in [2.05, 4.69) is 56.0 Å². The van der Waals surface area contributed by atoms with Gasteiger partial charge in [-0.05, 0) is 81.6 Å². The maximum absolute atomic E-state index is 13.5. The molecule has 1 rings (SSSR count). The van der Waals surface area contributed by atoms with Crippen molar-refractivity contribution < 1.29 is 24.5 Å². The number of aliphatic carboxylic acids is 1. The van der Waals surface area contributed by atoms with Gasteiger partial charge in [0.15, 0.2) is 0 Å². The monoisotopic (exact) mass is 773 g/mol. The molecule has 1 aliphatic rings. The molecule has 0 saturated carbocycles. The quantitative estimate of drug-likeness (QED) is 0.0280. The molecule has 0 saturated heterocycles. The molecule has 10 heteroatoms. The fraction of sp³-hybridized carbons (Fsp3) is 0.512. The van der Waals surface area contributed by atoms with Gasteiger partial charge >= 0.3 is 5.97 Å². The van der Waals surface area contributed by atoms with E-state index in [4.69, 9.17) is 38.0 Å². The van der Waals surface area contributed by atoms with Crippen molar-refractivity contribution >= 4 is 40.9 Å². The maximum atomic E-state index is 13.5. The number of hydrogen-bond donors (Lipinski definition) is 3. The predicted octanol–water partition coefficient (Wildman–Crippen LogP) is 10.5. The number of carbonyl (C=O) groups excluding carboxylic acids is 1. The van der Waals surface area contributed by atoms with Crippen molar-refractivity contribution in [3.8, 4) is 0 Å². The molecule has 0 radical (unpaired) electrons. The number of amides is 1. The molecule has 53 heavy (non-hydrogen) atoms. The van der Waals surface area contributed by atoms with Crippen molar-refractivity contribution in [1.82, 2.24) is 10.2 Å². The minimum atomic E-state index is -0.872. The zero-order valence-electron chi connectivity index (χ0n) is 32.8. The highest BCUT2D eigenvalue weighted by Gasteiger charge is 2.24. The predicted molar refractivity (Wildman–Crippen MR) is 225 cm³/mol. The molecule has 296 valence electrons. The number of amidine groups is 1. The van der Waals surface area contributed by atoms with E-state index >= 15 is 0 Å². The number of nitrogens with one attached hydrogen (secondary N) is 1. The van der Waals surface area contributed by atoms with E-state index in [0.29, 0.717) is 73.3 Å². The summed E-state index contributed by atoms with van der Waals surface area (Å²) < 4.78 is 5.81. The molecule has 0 aromatic rings. The smallest absolute Gasteiger partial charge is 0.307 e. The zero-order chi connectivity index (χ0) is 40.0. The third kappa shape index (κ3) is 23.1. The number of aliphatic hydroxyl groups is 1. The Balaban J connectivity index is 0.0000133. The van der Waals surface area contributed by atoms with E-state index in [1.807, 2.05) is 45.2 Å². The Labute approximate surface area is 330 Å². The van der Waals surface area contributed by atoms with Gasteiger partial charge in [0.1, 0.15) is 5.84 Å². The Morgan fingerprint density at radius 2 is 1.83 bits per heavy atom. The molecule has 2 unspecified atom stereocenters. The van der Waals surface area contributed by atoms with Crippen LogP contribution in [0.3, 0.4) is 0 Å². The molecule has 3 N–H and O–H groups in total. The fourth-order valence-electron chi connectivity index (χ4n) is 5.38. The van der Waals surface area contributed by atoms with Gasteiger partial charge in [-0.3, -0.25) is 9.59 Å². The second kappa shape index (κ2) is 31.0. The molecule has 0 spiro atoms. The molecule has 0 aromatic carbocycles. The number of carboxylic acid groups (broad SMARTS) is 1. The van der Waals surface area contributed by atoms with Crippen LogP contribution in [0.1, 0.15) is 105 Å². The van der Waals surface area contributed by atoms with Crippen LogP contribution in [-0.2, 0) is 14.3 Å². The summed E-state index contributed by atoms with van der Waals surface area (Å²) in [6, 6.07) is -0.436. The molecule has 8 nitrogen and oxygen atoms in total. The van der Waals surface area contributed by atoms with Crippen molar-refractivity contribution in [2.45, 2.75) is 117 Å². The van der Waals surface area contributed by atoms with Gasteiger partial charge in [-0.2, -0.15) is 0 Å². The van der Waals surface area contributed by atoms with Crippen LogP contribution in [0, 0.1) is 0 Å². The van der Waals surface area contributed by atoms with Crippen LogP contribution in [0.4, 0.5) is 0 Å². The van der Waals surface area contributed by atoms with Crippen molar-refractivity contribution in [2.24, 2.45) is 4.99 Å². The lowest BCUT2D eigenvalue weighted by atomic mass is 9.99. The van der Waals surface area contributed by atoms with Crippen molar-refractivity contribution in [2.75, 3.05) is 26.8 Å². The Morgan fingerprint density at radius 3 is 2.47 bits per heavy atom. The van der Waals surface area contributed by atoms with Gasteiger partial charge in [-0.1, -0.05) is 111 Å². The number of unbranched alkanes of at least 4 members (excludes halogenated alkanes) is 1. The molecular weight excluding hydrogens is 709 g/mol. The van der Waals surface area contributed by atoms with Crippen LogP contribution in [0.2, 0.25) is 0 Å². The molecule has 0 fully saturated rings. The number of hydrogen-bond acceptors (Lipinski definition) is 5. The van der Waals surface area contributed by atoms with E-state index < -0.39 is 18.1 Å². The number of aliphatic hydroxyl groups excluding tert-OH is 1. The maximum Gasteiger partial charge on any atom is 0.307 e. The summed E-state index contributed by atoms with van der Waals surface area (Å²) >= 11 is 12.9. The van der Waals surface area contributed by atoms with Crippen LogP contribution in [0.15, 0.2) is 112 Å². The summed E-state index contributed by atoms with van der Waals surface area (Å²) in [7, 11) is 2.00. The number of nitrogens with zero attached hydrogens (tertiary/aromatic N) is 2. The molecule has 0 aromatic heterocycles. The number of halogens is 2. The second-order valence-corrected chi connectivity index (χ2v) is 13.5. The largest absolute Gasteiger partial charge is 0.481 e. The van der Waals surface area contributed by atoms with Crippen LogP contribution < -0.4 is 5.32 Å². The number of aliphatic imine (C=N–C) groups is 1. The molecule has 0 heterocycles. The Bertz CT molecular complexity index is 1370. The topological polar surface area (TPSA) is 111 Å². The molecular formula is C43H65Cl2N3O5. The van der Waals surface area contributed by atoms with Crippen molar-refractivity contribution in [3.63, 3.8) is 0 Å². The van der Waals surface area contributed by atoms with E-state index in [9.17, 15) is 14.7 Å². The average Bonchev–Trinajstić information content (AvgIpc) is 3.29. The Kier molecular flexibility index (Phi) is 29.0. The number of allylic oxidation sites excluding steroid dienone is 9. The molecule has 1 aliphatic carbocycles. The minimum Gasteiger partial charge on any atom is -0.481 e. The fourth-order valence-corrected chi connectivity index (χ4v) is 5.94. The summed E-state index contributed by atoms with van der Waals surface area (Å²) in [4.78, 5) is 31.4. The summed E-state index contributed by atoms with van der Waals surface area (Å²) in [5.41, 5.74) is 3.34. The van der Waals surface area contributed by atoms with Crippen molar-refractivity contribution in [1.29, 1.82) is 0 Å². The number of carbonyl (C=O) groups is 2. The van der Waals surface area contributed by atoms with Crippen molar-refractivity contribution in [3.05, 3.63) is 107 Å². The van der Waals surface area contributed by atoms with Gasteiger partial charge in [0.05, 0.1) is 37.5 Å². The van der Waals surface area contributed by atoms with E-state index in [-0.39, 0.29) is 12.3 Å². The Hall–Kier alpha value is -3.43. The van der Waals surface area contributed by atoms with Crippen LogP contribution in [0.5, 0.6) is 0 Å². The van der Waals surface area contributed by atoms with Gasteiger partial charge in [-0.15, -0.1) is 13.2 Å². The second-order valence-electron chi connectivity index (χ2n) is 12.6. The molecule has 1 amide bonds. The standard InChI is InChI=1S/C41H61Cl2N3O5.C2H4/c1-7-11-26-46(6)41(44-31(5)36-23-15-21-34(42)29-37(36)43)38(45-39(48)24-16-22-35(47)18-9-3)28-33(17-8-2)19-12-13-27-51-30-32(10-4)20-14-25-40(49)50;1-2/h10,12-15,17,20-21,29,35,38,47H,5,7-9,11,16,18-19,22-28,30H2,1-4,6H3,(H,45,48)(H,49,50);1-2H2/b13-12-,20-14-,32-10+,33-17+,44-41?;. The summed E-state index contributed by atoms with van der Waals surface area (Å²) in [6.07, 6.45) is 24.2. The lowest BCUT2D eigenvalue weighted by molar-refractivity contribution is -0.136. The molecule has 0 aliphatic heterocycles. The zero-order valence-corrected chi connectivity index (χ0v) is 34.4. The first-order chi connectivity index (χ1) is 25.4. The summed E-state index contributed by atoms with van der Waals surface area (Å²) in [6.45, 7) is 20.0. The highest BCUT2D eigenvalue weighted by molar-refractivity contribution is 6.35. The van der Waals surface area contributed by atoms with Gasteiger partial charge < -0.3 is 25.2 Å². The van der Waals surface area contributed by atoms with Crippen LogP contribution >= 0.6 is 23.2 Å². The van der Waals surface area contributed by atoms with Crippen LogP contribution in [0.25, 0.3) is 0 Å². The average molecular weight is 775 g/mol. The highest BCUT2D eigenvalue weighted by Crippen LogP contribution is 2.29. The third-order valence-corrected chi connectivity index (χ3v) is 8.75. The van der Waals surface area contributed by atoms with E-state index in [1.54, 1.807) is 18.2 Å². The van der Waals surface area contributed by atoms with Gasteiger partial charge in [0.25, 0.3) is 0 Å². The van der Waals surface area contributed by atoms with E-state index in [1.165, 1.54) is 0 Å². The third-order valence-electron chi connectivity index (χ3n) is 8.18. The first-order valence-electron chi connectivity index (χ1n) is 18.8. The summed E-state index contributed by atoms with van der Waals surface area (Å²) in [5, 5.41) is 23.4. The van der Waals surface area contributed by atoms with Gasteiger partial charge in [0.2, 0.25) is 5.91 Å². The lowest BCUT2D eigenvalue weighted by Crippen LogP contribution is -2.48. The Morgan fingerprint density at radius 1 is 1.09 bits per heavy atom. The highest BCUT2D eigenvalue weighted by atomic mass is 35.5. The number of rotatable bonds is 25. The minimum absolute atomic E-state index is 0.0303. The lowest BCUT2D eigenvalue weighted by Gasteiger charge is -2.30. The van der Waals surface area contributed by atoms with Gasteiger partial charge in [-0.25, -0.2) is 4.99 Å². The first kappa shape index (κ1) is 49.6. The number of carboxylic acids is 1. The van der Waals surface area contributed by atoms with Gasteiger partial charge in [0, 0.05) is 30.1 Å². The SMILES string of the molecule is C=C.C=C(N=C(C(C/C(=C/CC)C/C=C\COCC(/C=C\CC(=O)O)=C/C)NC(=O)CCCC(O)CCC)N(C)CCCC)C1=C(Cl)C=C(Cl)C=CC1. The number of ether oxygens (including phenoxy) is 1. The normalized spacial score (nSPS) is 15.2. The number of likely N-dealkylation sites (N-methyl/N-ethyl adjacent to an activating group) is 1.